The predicted octanol–water partition coefficient (Wildman–Crippen LogP) is 2.52. The molecule has 0 saturated carbocycles. The Balaban J connectivity index is 2.79. The molecule has 4 nitrogen and oxygen atoms in total. The third-order valence-electron chi connectivity index (χ3n) is 1.22. The van der Waals surface area contributed by atoms with Crippen LogP contribution < -0.4 is 5.32 Å². The molecule has 70 valence electrons. The number of halogens is 2. The molecule has 1 heterocycles. The molecule has 1 aromatic heterocycles. The molecule has 0 spiro atoms. The monoisotopic (exact) mass is 312 g/mol. The standard InChI is InChI=1S/C7H6ClIN2O2/c1-13-7(12)11-6-2-4(8)5(9)3-10-6/h2-3H,1H3,(H,10,11,12). The van der Waals surface area contributed by atoms with E-state index in [-0.39, 0.29) is 0 Å². The Morgan fingerprint density at radius 3 is 3.00 bits per heavy atom. The van der Waals surface area contributed by atoms with Gasteiger partial charge in [0.05, 0.1) is 15.7 Å². The molecule has 1 N–H and O–H groups in total. The third-order valence-corrected chi connectivity index (χ3v) is 2.72. The van der Waals surface area contributed by atoms with Crippen LogP contribution >= 0.6 is 34.2 Å². The molecule has 0 bridgehead atoms. The summed E-state index contributed by atoms with van der Waals surface area (Å²) in [6.07, 6.45) is 0.999. The number of hydrogen-bond acceptors (Lipinski definition) is 3. The van der Waals surface area contributed by atoms with Gasteiger partial charge >= 0.3 is 6.09 Å². The number of nitrogens with zero attached hydrogens (tertiary/aromatic N) is 1. The first-order valence-electron chi connectivity index (χ1n) is 3.29. The Labute approximate surface area is 93.8 Å². The fourth-order valence-electron chi connectivity index (χ4n) is 0.638. The van der Waals surface area contributed by atoms with Gasteiger partial charge < -0.3 is 4.74 Å². The summed E-state index contributed by atoms with van der Waals surface area (Å²) < 4.78 is 5.22. The van der Waals surface area contributed by atoms with E-state index in [0.29, 0.717) is 10.8 Å². The van der Waals surface area contributed by atoms with E-state index in [9.17, 15) is 4.79 Å². The average Bonchev–Trinajstić information content (AvgIpc) is 2.11. The molecule has 0 aromatic carbocycles. The highest BCUT2D eigenvalue weighted by Crippen LogP contribution is 2.19. The Kier molecular flexibility index (Phi) is 3.73. The highest BCUT2D eigenvalue weighted by molar-refractivity contribution is 14.1. The van der Waals surface area contributed by atoms with E-state index in [0.717, 1.165) is 3.57 Å². The van der Waals surface area contributed by atoms with Gasteiger partial charge in [-0.25, -0.2) is 9.78 Å². The second-order valence-electron chi connectivity index (χ2n) is 2.10. The summed E-state index contributed by atoms with van der Waals surface area (Å²) in [5, 5.41) is 2.94. The maximum absolute atomic E-state index is 10.8. The normalized spacial score (nSPS) is 9.46. The molecular weight excluding hydrogens is 306 g/mol. The number of pyridine rings is 1. The van der Waals surface area contributed by atoms with Crippen molar-refractivity contribution in [2.24, 2.45) is 0 Å². The lowest BCUT2D eigenvalue weighted by atomic mass is 10.4. The van der Waals surface area contributed by atoms with Crippen molar-refractivity contribution in [3.8, 4) is 0 Å². The minimum atomic E-state index is -0.565. The van der Waals surface area contributed by atoms with E-state index in [1.807, 2.05) is 22.6 Å². The van der Waals surface area contributed by atoms with Crippen LogP contribution in [0.5, 0.6) is 0 Å². The Morgan fingerprint density at radius 1 is 1.77 bits per heavy atom. The molecule has 1 rings (SSSR count). The summed E-state index contributed by atoms with van der Waals surface area (Å²) in [7, 11) is 1.28. The number of ether oxygens (including phenoxy) is 1. The number of aromatic nitrogens is 1. The van der Waals surface area contributed by atoms with E-state index in [1.54, 1.807) is 12.3 Å². The van der Waals surface area contributed by atoms with E-state index in [4.69, 9.17) is 11.6 Å². The van der Waals surface area contributed by atoms with Crippen molar-refractivity contribution in [3.05, 3.63) is 20.9 Å². The van der Waals surface area contributed by atoms with Crippen LogP contribution in [0.3, 0.4) is 0 Å². The number of carbonyl (C=O) groups is 1. The number of hydrogen-bond donors (Lipinski definition) is 1. The van der Waals surface area contributed by atoms with Crippen LogP contribution in [0.1, 0.15) is 0 Å². The summed E-state index contributed by atoms with van der Waals surface area (Å²) in [6.45, 7) is 0. The molecule has 1 amide bonds. The third kappa shape index (κ3) is 3.00. The van der Waals surface area contributed by atoms with Crippen LogP contribution in [-0.2, 0) is 4.74 Å². The SMILES string of the molecule is COC(=O)Nc1cc(Cl)c(I)cn1. The Hall–Kier alpha value is -0.560. The summed E-state index contributed by atoms with van der Waals surface area (Å²) in [5.41, 5.74) is 0. The molecule has 0 fully saturated rings. The smallest absolute Gasteiger partial charge is 0.412 e. The highest BCUT2D eigenvalue weighted by Gasteiger charge is 2.03. The second kappa shape index (κ2) is 4.61. The first kappa shape index (κ1) is 10.5. The lowest BCUT2D eigenvalue weighted by molar-refractivity contribution is 0.187. The van der Waals surface area contributed by atoms with Crippen molar-refractivity contribution in [3.63, 3.8) is 0 Å². The molecule has 0 atom stereocenters. The molecule has 0 aliphatic rings. The molecule has 13 heavy (non-hydrogen) atoms. The first-order chi connectivity index (χ1) is 6.13. The van der Waals surface area contributed by atoms with Crippen LogP contribution in [0.4, 0.5) is 10.6 Å². The van der Waals surface area contributed by atoms with Crippen LogP contribution in [0.25, 0.3) is 0 Å². The largest absolute Gasteiger partial charge is 0.453 e. The number of nitrogens with one attached hydrogen (secondary N) is 1. The van der Waals surface area contributed by atoms with Gasteiger partial charge in [-0.3, -0.25) is 5.32 Å². The van der Waals surface area contributed by atoms with Gasteiger partial charge in [0.1, 0.15) is 5.82 Å². The maximum Gasteiger partial charge on any atom is 0.412 e. The lowest BCUT2D eigenvalue weighted by Gasteiger charge is -2.03. The van der Waals surface area contributed by atoms with Gasteiger partial charge in [0.15, 0.2) is 0 Å². The van der Waals surface area contributed by atoms with Gasteiger partial charge in [0.2, 0.25) is 0 Å². The number of rotatable bonds is 1. The summed E-state index contributed by atoms with van der Waals surface area (Å²) in [4.78, 5) is 14.7. The lowest BCUT2D eigenvalue weighted by Crippen LogP contribution is -2.12. The molecule has 0 aliphatic heterocycles. The van der Waals surface area contributed by atoms with Gasteiger partial charge in [-0.15, -0.1) is 0 Å². The molecule has 0 aliphatic carbocycles. The zero-order valence-electron chi connectivity index (χ0n) is 6.67. The quantitative estimate of drug-likeness (QED) is 0.811. The van der Waals surface area contributed by atoms with Crippen molar-refractivity contribution < 1.29 is 9.53 Å². The topological polar surface area (TPSA) is 51.2 Å². The summed E-state index contributed by atoms with van der Waals surface area (Å²) in [5.74, 6) is 0.372. The van der Waals surface area contributed by atoms with Crippen molar-refractivity contribution >= 4 is 46.1 Å². The van der Waals surface area contributed by atoms with E-state index in [1.165, 1.54) is 7.11 Å². The Morgan fingerprint density at radius 2 is 2.46 bits per heavy atom. The zero-order valence-corrected chi connectivity index (χ0v) is 9.59. The summed E-state index contributed by atoms with van der Waals surface area (Å²) >= 11 is 7.85. The van der Waals surface area contributed by atoms with Gasteiger partial charge in [-0.1, -0.05) is 11.6 Å². The molecular formula is C7H6ClIN2O2. The van der Waals surface area contributed by atoms with Crippen LogP contribution in [0.15, 0.2) is 12.3 Å². The zero-order chi connectivity index (χ0) is 9.84. The highest BCUT2D eigenvalue weighted by atomic mass is 127. The van der Waals surface area contributed by atoms with Crippen molar-refractivity contribution in [2.75, 3.05) is 12.4 Å². The number of methoxy groups -OCH3 is 1. The molecule has 6 heteroatoms. The fraction of sp³-hybridized carbons (Fsp3) is 0.143. The van der Waals surface area contributed by atoms with Gasteiger partial charge in [-0.2, -0.15) is 0 Å². The Bertz CT molecular complexity index is 332. The number of amides is 1. The maximum atomic E-state index is 10.8. The number of anilines is 1. The molecule has 0 unspecified atom stereocenters. The average molecular weight is 312 g/mol. The van der Waals surface area contributed by atoms with Gasteiger partial charge in [0, 0.05) is 12.3 Å². The van der Waals surface area contributed by atoms with Crippen molar-refractivity contribution in [2.45, 2.75) is 0 Å². The van der Waals surface area contributed by atoms with Crippen molar-refractivity contribution in [1.29, 1.82) is 0 Å². The first-order valence-corrected chi connectivity index (χ1v) is 4.75. The van der Waals surface area contributed by atoms with Crippen LogP contribution in [0, 0.1) is 3.57 Å². The van der Waals surface area contributed by atoms with Crippen LogP contribution in [0.2, 0.25) is 5.02 Å². The van der Waals surface area contributed by atoms with E-state index < -0.39 is 6.09 Å². The number of carbonyl (C=O) groups excluding carboxylic acids is 1. The molecule has 0 radical (unpaired) electrons. The van der Waals surface area contributed by atoms with Crippen LogP contribution in [-0.4, -0.2) is 18.2 Å². The molecule has 0 saturated heterocycles. The molecule has 1 aromatic rings. The van der Waals surface area contributed by atoms with Gasteiger partial charge in [0.25, 0.3) is 0 Å². The van der Waals surface area contributed by atoms with E-state index >= 15 is 0 Å². The second-order valence-corrected chi connectivity index (χ2v) is 3.67. The summed E-state index contributed by atoms with van der Waals surface area (Å²) in [6, 6.07) is 1.56. The predicted molar refractivity (Wildman–Crippen MR) is 58.0 cm³/mol. The van der Waals surface area contributed by atoms with Gasteiger partial charge in [-0.05, 0) is 22.6 Å². The fourth-order valence-corrected chi connectivity index (χ4v) is 1.09. The minimum absolute atomic E-state index is 0.372. The van der Waals surface area contributed by atoms with E-state index in [2.05, 4.69) is 15.0 Å². The minimum Gasteiger partial charge on any atom is -0.453 e. The van der Waals surface area contributed by atoms with Crippen molar-refractivity contribution in [1.82, 2.24) is 4.98 Å².